The Balaban J connectivity index is 1.62. The van der Waals surface area contributed by atoms with Crippen molar-refractivity contribution in [2.75, 3.05) is 4.90 Å². The largest absolute Gasteiger partial charge is 0.274 e. The van der Waals surface area contributed by atoms with Crippen molar-refractivity contribution in [2.45, 2.75) is 13.3 Å². The maximum Gasteiger partial charge on any atom is 0.238 e. The summed E-state index contributed by atoms with van der Waals surface area (Å²) in [5, 5.41) is 0. The van der Waals surface area contributed by atoms with Crippen LogP contribution in [0.15, 0.2) is 36.4 Å². The highest BCUT2D eigenvalue weighted by atomic mass is 16.2. The number of aryl methyl sites for hydroxylation is 1. The molecule has 0 N–H and O–H groups in total. The lowest BCUT2D eigenvalue weighted by atomic mass is 9.63. The van der Waals surface area contributed by atoms with E-state index >= 15 is 0 Å². The van der Waals surface area contributed by atoms with E-state index in [1.165, 1.54) is 11.3 Å². The standard InChI is InChI=1S/C18H17NO2/c1-9-4-2-3-5-14(9)19-17(20)15-10-6-7-11(13-8-12(10)13)16(15)18(19)21/h2-7,10-13,15-16H,8H2,1H3/t10-,11-,12-,13-,15+,16+/m0/s1. The summed E-state index contributed by atoms with van der Waals surface area (Å²) in [6.07, 6.45) is 5.64. The number of carbonyl (C=O) groups is 2. The molecule has 2 bridgehead atoms. The average molecular weight is 279 g/mol. The van der Waals surface area contributed by atoms with Crippen molar-refractivity contribution in [1.29, 1.82) is 0 Å². The minimum absolute atomic E-state index is 0.0315. The number of anilines is 1. The van der Waals surface area contributed by atoms with Gasteiger partial charge in [-0.2, -0.15) is 0 Å². The van der Waals surface area contributed by atoms with Crippen LogP contribution >= 0.6 is 0 Å². The Hall–Kier alpha value is -1.90. The molecular formula is C18H17NO2. The van der Waals surface area contributed by atoms with Crippen molar-refractivity contribution in [3.05, 3.63) is 42.0 Å². The number of allylic oxidation sites excluding steroid dienone is 2. The van der Waals surface area contributed by atoms with E-state index in [9.17, 15) is 9.59 Å². The number of amides is 2. The Kier molecular flexibility index (Phi) is 2.04. The summed E-state index contributed by atoms with van der Waals surface area (Å²) < 4.78 is 0. The fraction of sp³-hybridized carbons (Fsp3) is 0.444. The first kappa shape index (κ1) is 11.7. The van der Waals surface area contributed by atoms with Gasteiger partial charge in [0.1, 0.15) is 0 Å². The lowest BCUT2D eigenvalue weighted by molar-refractivity contribution is -0.124. The quantitative estimate of drug-likeness (QED) is 0.585. The lowest BCUT2D eigenvalue weighted by Gasteiger charge is -2.37. The van der Waals surface area contributed by atoms with Gasteiger partial charge in [-0.15, -0.1) is 0 Å². The monoisotopic (exact) mass is 279 g/mol. The van der Waals surface area contributed by atoms with Gasteiger partial charge in [-0.25, -0.2) is 4.90 Å². The summed E-state index contributed by atoms with van der Waals surface area (Å²) in [5.41, 5.74) is 1.76. The number of carbonyl (C=O) groups excluding carboxylic acids is 2. The molecule has 3 nitrogen and oxygen atoms in total. The molecular weight excluding hydrogens is 262 g/mol. The van der Waals surface area contributed by atoms with Gasteiger partial charge in [0.25, 0.3) is 0 Å². The third-order valence-corrected chi connectivity index (χ3v) is 6.02. The molecule has 0 radical (unpaired) electrons. The number of imide groups is 1. The number of hydrogen-bond donors (Lipinski definition) is 0. The van der Waals surface area contributed by atoms with E-state index in [-0.39, 0.29) is 23.7 Å². The molecule has 0 aromatic heterocycles. The molecule has 1 aliphatic heterocycles. The van der Waals surface area contributed by atoms with Crippen molar-refractivity contribution in [3.8, 4) is 0 Å². The molecule has 2 saturated carbocycles. The molecule has 2 amide bonds. The fourth-order valence-corrected chi connectivity index (χ4v) is 5.01. The second kappa shape index (κ2) is 3.65. The van der Waals surface area contributed by atoms with E-state index in [1.54, 1.807) is 0 Å². The molecule has 3 fully saturated rings. The third-order valence-electron chi connectivity index (χ3n) is 6.02. The lowest BCUT2D eigenvalue weighted by Crippen LogP contribution is -2.40. The first-order valence-corrected chi connectivity index (χ1v) is 7.80. The SMILES string of the molecule is Cc1ccccc1N1C(=O)[C@@H]2[C@H]3C=C[C@@H]([C@@H]4C[C@@H]34)[C@H]2C1=O. The maximum absolute atomic E-state index is 12.9. The van der Waals surface area contributed by atoms with Gasteiger partial charge in [0.15, 0.2) is 0 Å². The molecule has 0 unspecified atom stereocenters. The van der Waals surface area contributed by atoms with Crippen LogP contribution in [0.2, 0.25) is 0 Å². The van der Waals surface area contributed by atoms with E-state index in [0.29, 0.717) is 23.7 Å². The molecule has 6 rings (SSSR count). The van der Waals surface area contributed by atoms with Crippen LogP contribution in [0.1, 0.15) is 12.0 Å². The summed E-state index contributed by atoms with van der Waals surface area (Å²) in [6, 6.07) is 7.69. The van der Waals surface area contributed by atoms with Crippen LogP contribution in [-0.2, 0) is 9.59 Å². The highest BCUT2D eigenvalue weighted by molar-refractivity contribution is 6.23. The minimum Gasteiger partial charge on any atom is -0.274 e. The third kappa shape index (κ3) is 1.30. The summed E-state index contributed by atoms with van der Waals surface area (Å²) in [6.45, 7) is 1.96. The van der Waals surface area contributed by atoms with Gasteiger partial charge in [-0.1, -0.05) is 30.4 Å². The van der Waals surface area contributed by atoms with Gasteiger partial charge in [0.2, 0.25) is 11.8 Å². The summed E-state index contributed by atoms with van der Waals surface area (Å²) in [5.74, 6) is 1.79. The predicted molar refractivity (Wildman–Crippen MR) is 78.4 cm³/mol. The van der Waals surface area contributed by atoms with Crippen LogP contribution in [0.25, 0.3) is 0 Å². The topological polar surface area (TPSA) is 37.4 Å². The van der Waals surface area contributed by atoms with Gasteiger partial charge in [-0.05, 0) is 48.6 Å². The highest BCUT2D eigenvalue weighted by Crippen LogP contribution is 2.65. The molecule has 5 aliphatic rings. The fourth-order valence-electron chi connectivity index (χ4n) is 5.01. The van der Waals surface area contributed by atoms with E-state index in [1.807, 2.05) is 31.2 Å². The molecule has 0 spiro atoms. The summed E-state index contributed by atoms with van der Waals surface area (Å²) in [7, 11) is 0. The van der Waals surface area contributed by atoms with Gasteiger partial charge < -0.3 is 0 Å². The predicted octanol–water partition coefficient (Wildman–Crippen LogP) is 2.55. The second-order valence-corrected chi connectivity index (χ2v) is 6.95. The highest BCUT2D eigenvalue weighted by Gasteiger charge is 2.67. The summed E-state index contributed by atoms with van der Waals surface area (Å²) in [4.78, 5) is 27.3. The first-order valence-electron chi connectivity index (χ1n) is 7.80. The van der Waals surface area contributed by atoms with E-state index in [2.05, 4.69) is 12.2 Å². The zero-order chi connectivity index (χ0) is 14.3. The van der Waals surface area contributed by atoms with Crippen LogP contribution in [0.4, 0.5) is 5.69 Å². The van der Waals surface area contributed by atoms with Crippen molar-refractivity contribution < 1.29 is 9.59 Å². The van der Waals surface area contributed by atoms with Crippen LogP contribution in [-0.4, -0.2) is 11.8 Å². The molecule has 3 heteroatoms. The maximum atomic E-state index is 12.9. The number of benzene rings is 1. The first-order chi connectivity index (χ1) is 10.2. The number of hydrogen-bond acceptors (Lipinski definition) is 2. The van der Waals surface area contributed by atoms with Gasteiger partial charge in [0.05, 0.1) is 17.5 Å². The van der Waals surface area contributed by atoms with Crippen molar-refractivity contribution in [1.82, 2.24) is 0 Å². The van der Waals surface area contributed by atoms with Gasteiger partial charge in [0, 0.05) is 0 Å². The van der Waals surface area contributed by atoms with Crippen molar-refractivity contribution >= 4 is 17.5 Å². The van der Waals surface area contributed by atoms with Gasteiger partial charge in [-0.3, -0.25) is 9.59 Å². The number of rotatable bonds is 1. The van der Waals surface area contributed by atoms with E-state index in [4.69, 9.17) is 0 Å². The van der Waals surface area contributed by atoms with Crippen LogP contribution in [0.3, 0.4) is 0 Å². The molecule has 1 saturated heterocycles. The molecule has 1 aromatic rings. The second-order valence-electron chi connectivity index (χ2n) is 6.95. The Bertz CT molecular complexity index is 671. The van der Waals surface area contributed by atoms with Crippen molar-refractivity contribution in [3.63, 3.8) is 0 Å². The Morgan fingerprint density at radius 3 is 2.10 bits per heavy atom. The molecule has 106 valence electrons. The summed E-state index contributed by atoms with van der Waals surface area (Å²) >= 11 is 0. The van der Waals surface area contributed by atoms with Crippen molar-refractivity contribution in [2.24, 2.45) is 35.5 Å². The zero-order valence-electron chi connectivity index (χ0n) is 11.9. The van der Waals surface area contributed by atoms with Crippen LogP contribution < -0.4 is 4.90 Å². The molecule has 4 aliphatic carbocycles. The van der Waals surface area contributed by atoms with Gasteiger partial charge >= 0.3 is 0 Å². The molecule has 1 aromatic carbocycles. The minimum atomic E-state index is -0.101. The smallest absolute Gasteiger partial charge is 0.238 e. The van der Waals surface area contributed by atoms with Crippen LogP contribution in [0.5, 0.6) is 0 Å². The Labute approximate surface area is 123 Å². The molecule has 21 heavy (non-hydrogen) atoms. The number of nitrogens with zero attached hydrogens (tertiary/aromatic N) is 1. The van der Waals surface area contributed by atoms with E-state index < -0.39 is 0 Å². The van der Waals surface area contributed by atoms with E-state index in [0.717, 1.165) is 11.3 Å². The van der Waals surface area contributed by atoms with Crippen LogP contribution in [0, 0.1) is 42.4 Å². The average Bonchev–Trinajstić information content (AvgIpc) is 3.26. The zero-order valence-corrected chi connectivity index (χ0v) is 11.9. The number of para-hydroxylation sites is 1. The molecule has 1 heterocycles. The Morgan fingerprint density at radius 2 is 1.52 bits per heavy atom. The Morgan fingerprint density at radius 1 is 0.952 bits per heavy atom. The molecule has 6 atom stereocenters. The normalized spacial score (nSPS) is 42.2.